The summed E-state index contributed by atoms with van der Waals surface area (Å²) < 4.78 is 5.63. The smallest absolute Gasteiger partial charge is 0.119 e. The van der Waals surface area contributed by atoms with E-state index in [4.69, 9.17) is 10.6 Å². The minimum Gasteiger partial charge on any atom is -0.493 e. The Balaban J connectivity index is 1.76. The Bertz CT molecular complexity index is 372. The molecule has 0 aromatic heterocycles. The third-order valence-electron chi connectivity index (χ3n) is 3.18. The van der Waals surface area contributed by atoms with Crippen molar-refractivity contribution >= 4 is 5.84 Å². The number of benzene rings is 1. The molecule has 2 rings (SSSR count). The van der Waals surface area contributed by atoms with Gasteiger partial charge in [-0.1, -0.05) is 31.0 Å². The van der Waals surface area contributed by atoms with E-state index in [2.05, 4.69) is 10.4 Å². The summed E-state index contributed by atoms with van der Waals surface area (Å²) in [5.41, 5.74) is 2.69. The van der Waals surface area contributed by atoms with Crippen molar-refractivity contribution in [2.75, 3.05) is 6.61 Å². The average Bonchev–Trinajstić information content (AvgIpc) is 2.92. The van der Waals surface area contributed by atoms with Gasteiger partial charge >= 0.3 is 0 Å². The molecule has 0 aliphatic heterocycles. The Labute approximate surface area is 108 Å². The van der Waals surface area contributed by atoms with Gasteiger partial charge in [0.25, 0.3) is 0 Å². The standard InChI is InChI=1S/C14H21N3O/c15-17-14(16-12-6-4-5-7-12)10-11-18-13-8-2-1-3-9-13/h1-3,8-9,12H,4-7,10-11,15H2,(H,16,17). The number of para-hydroxylation sites is 1. The number of nitrogens with two attached hydrogens (primary N) is 1. The Morgan fingerprint density at radius 3 is 2.67 bits per heavy atom. The van der Waals surface area contributed by atoms with Gasteiger partial charge in [0.2, 0.25) is 0 Å². The van der Waals surface area contributed by atoms with E-state index < -0.39 is 0 Å². The van der Waals surface area contributed by atoms with Gasteiger partial charge in [0.05, 0.1) is 12.6 Å². The maximum Gasteiger partial charge on any atom is 0.119 e. The van der Waals surface area contributed by atoms with Gasteiger partial charge in [-0.3, -0.25) is 4.99 Å². The number of amidine groups is 1. The van der Waals surface area contributed by atoms with Gasteiger partial charge in [-0.25, -0.2) is 5.84 Å². The van der Waals surface area contributed by atoms with Crippen molar-refractivity contribution in [3.63, 3.8) is 0 Å². The fourth-order valence-corrected chi connectivity index (χ4v) is 2.21. The molecule has 1 aliphatic carbocycles. The highest BCUT2D eigenvalue weighted by atomic mass is 16.5. The van der Waals surface area contributed by atoms with Crippen molar-refractivity contribution in [3.8, 4) is 5.75 Å². The molecule has 3 N–H and O–H groups in total. The molecule has 1 fully saturated rings. The maximum atomic E-state index is 5.63. The maximum absolute atomic E-state index is 5.63. The normalized spacial score (nSPS) is 16.8. The topological polar surface area (TPSA) is 59.6 Å². The van der Waals surface area contributed by atoms with Crippen LogP contribution in [0.15, 0.2) is 35.3 Å². The second-order valence-electron chi connectivity index (χ2n) is 4.57. The molecule has 0 bridgehead atoms. The lowest BCUT2D eigenvalue weighted by Gasteiger charge is -2.10. The number of hydrogen-bond donors (Lipinski definition) is 2. The highest BCUT2D eigenvalue weighted by Gasteiger charge is 2.14. The van der Waals surface area contributed by atoms with Crippen LogP contribution in [0.25, 0.3) is 0 Å². The van der Waals surface area contributed by atoms with Crippen molar-refractivity contribution in [3.05, 3.63) is 30.3 Å². The van der Waals surface area contributed by atoms with Crippen LogP contribution >= 0.6 is 0 Å². The van der Waals surface area contributed by atoms with Crippen LogP contribution < -0.4 is 16.0 Å². The molecular weight excluding hydrogens is 226 g/mol. The molecule has 4 heteroatoms. The number of hydrazine groups is 1. The number of rotatable bonds is 5. The Kier molecular flexibility index (Phi) is 5.02. The molecular formula is C14H21N3O. The summed E-state index contributed by atoms with van der Waals surface area (Å²) in [5, 5.41) is 0. The van der Waals surface area contributed by atoms with Crippen molar-refractivity contribution in [1.82, 2.24) is 5.43 Å². The predicted octanol–water partition coefficient (Wildman–Crippen LogP) is 2.26. The first kappa shape index (κ1) is 12.9. The Hall–Kier alpha value is -1.55. The molecule has 0 heterocycles. The van der Waals surface area contributed by atoms with Gasteiger partial charge in [0.15, 0.2) is 0 Å². The van der Waals surface area contributed by atoms with Crippen LogP contribution in [-0.4, -0.2) is 18.5 Å². The average molecular weight is 247 g/mol. The summed E-state index contributed by atoms with van der Waals surface area (Å²) in [5.74, 6) is 7.22. The van der Waals surface area contributed by atoms with E-state index in [1.165, 1.54) is 25.7 Å². The second-order valence-corrected chi connectivity index (χ2v) is 4.57. The van der Waals surface area contributed by atoms with Gasteiger partial charge in [-0.05, 0) is 25.0 Å². The largest absolute Gasteiger partial charge is 0.493 e. The van der Waals surface area contributed by atoms with Crippen LogP contribution in [0.1, 0.15) is 32.1 Å². The summed E-state index contributed by atoms with van der Waals surface area (Å²) >= 11 is 0. The fraction of sp³-hybridized carbons (Fsp3) is 0.500. The monoisotopic (exact) mass is 247 g/mol. The number of nitrogens with zero attached hydrogens (tertiary/aromatic N) is 1. The van der Waals surface area contributed by atoms with E-state index in [-0.39, 0.29) is 0 Å². The lowest BCUT2D eigenvalue weighted by atomic mass is 10.2. The summed E-state index contributed by atoms with van der Waals surface area (Å²) in [4.78, 5) is 4.63. The highest BCUT2D eigenvalue weighted by molar-refractivity contribution is 5.81. The lowest BCUT2D eigenvalue weighted by molar-refractivity contribution is 0.327. The first-order valence-corrected chi connectivity index (χ1v) is 6.59. The molecule has 1 aliphatic rings. The van der Waals surface area contributed by atoms with Gasteiger partial charge < -0.3 is 10.2 Å². The Morgan fingerprint density at radius 1 is 1.28 bits per heavy atom. The van der Waals surface area contributed by atoms with Crippen LogP contribution in [0.3, 0.4) is 0 Å². The van der Waals surface area contributed by atoms with E-state index in [9.17, 15) is 0 Å². The molecule has 0 amide bonds. The van der Waals surface area contributed by atoms with Crippen molar-refractivity contribution in [2.45, 2.75) is 38.1 Å². The van der Waals surface area contributed by atoms with Crippen LogP contribution in [0.4, 0.5) is 0 Å². The molecule has 1 saturated carbocycles. The van der Waals surface area contributed by atoms with E-state index >= 15 is 0 Å². The zero-order chi connectivity index (χ0) is 12.6. The van der Waals surface area contributed by atoms with Crippen molar-refractivity contribution < 1.29 is 4.74 Å². The van der Waals surface area contributed by atoms with Gasteiger partial charge in [-0.15, -0.1) is 0 Å². The SMILES string of the molecule is NNC(CCOc1ccccc1)=NC1CCCC1. The first-order valence-electron chi connectivity index (χ1n) is 6.59. The van der Waals surface area contributed by atoms with Crippen LogP contribution in [0, 0.1) is 0 Å². The third-order valence-corrected chi connectivity index (χ3v) is 3.18. The zero-order valence-corrected chi connectivity index (χ0v) is 10.6. The lowest BCUT2D eigenvalue weighted by Crippen LogP contribution is -2.32. The second kappa shape index (κ2) is 7.01. The molecule has 0 unspecified atom stereocenters. The molecule has 1 aromatic carbocycles. The van der Waals surface area contributed by atoms with Gasteiger partial charge in [-0.2, -0.15) is 0 Å². The van der Waals surface area contributed by atoms with Crippen molar-refractivity contribution in [2.24, 2.45) is 10.8 Å². The number of ether oxygens (including phenoxy) is 1. The fourth-order valence-electron chi connectivity index (χ4n) is 2.21. The molecule has 98 valence electrons. The van der Waals surface area contributed by atoms with Crippen LogP contribution in [-0.2, 0) is 0 Å². The molecule has 1 aromatic rings. The minimum absolute atomic E-state index is 0.452. The minimum atomic E-state index is 0.452. The van der Waals surface area contributed by atoms with E-state index in [0.29, 0.717) is 12.6 Å². The van der Waals surface area contributed by atoms with E-state index in [1.807, 2.05) is 30.3 Å². The van der Waals surface area contributed by atoms with Crippen LogP contribution in [0.5, 0.6) is 5.75 Å². The van der Waals surface area contributed by atoms with Crippen molar-refractivity contribution in [1.29, 1.82) is 0 Å². The number of hydrogen-bond acceptors (Lipinski definition) is 3. The number of nitrogens with one attached hydrogen (secondary N) is 1. The molecule has 0 atom stereocenters. The highest BCUT2D eigenvalue weighted by Crippen LogP contribution is 2.21. The summed E-state index contributed by atoms with van der Waals surface area (Å²) in [6, 6.07) is 10.2. The third kappa shape index (κ3) is 4.04. The number of aliphatic imine (C=N–C) groups is 1. The molecule has 0 saturated heterocycles. The van der Waals surface area contributed by atoms with E-state index in [1.54, 1.807) is 0 Å². The van der Waals surface area contributed by atoms with Crippen LogP contribution in [0.2, 0.25) is 0 Å². The van der Waals surface area contributed by atoms with E-state index in [0.717, 1.165) is 18.0 Å². The van der Waals surface area contributed by atoms with Gasteiger partial charge in [0, 0.05) is 6.42 Å². The summed E-state index contributed by atoms with van der Waals surface area (Å²) in [6.07, 6.45) is 5.66. The molecule has 4 nitrogen and oxygen atoms in total. The Morgan fingerprint density at radius 2 is 2.00 bits per heavy atom. The molecule has 18 heavy (non-hydrogen) atoms. The zero-order valence-electron chi connectivity index (χ0n) is 10.6. The van der Waals surface area contributed by atoms with Gasteiger partial charge in [0.1, 0.15) is 11.6 Å². The molecule has 0 spiro atoms. The summed E-state index contributed by atoms with van der Waals surface area (Å²) in [7, 11) is 0. The quantitative estimate of drug-likeness (QED) is 0.363. The molecule has 0 radical (unpaired) electrons. The summed E-state index contributed by atoms with van der Waals surface area (Å²) in [6.45, 7) is 0.597. The predicted molar refractivity (Wildman–Crippen MR) is 73.6 cm³/mol. The first-order chi connectivity index (χ1) is 8.88.